The van der Waals surface area contributed by atoms with Gasteiger partial charge in [0.2, 0.25) is 15.9 Å². The van der Waals surface area contributed by atoms with Crippen molar-refractivity contribution >= 4 is 21.6 Å². The van der Waals surface area contributed by atoms with Crippen LogP contribution in [0.2, 0.25) is 0 Å². The lowest BCUT2D eigenvalue weighted by Gasteiger charge is -2.40. The Morgan fingerprint density at radius 2 is 1.67 bits per heavy atom. The molecule has 0 saturated carbocycles. The lowest BCUT2D eigenvalue weighted by molar-refractivity contribution is -0.117. The summed E-state index contributed by atoms with van der Waals surface area (Å²) in [5.41, 5.74) is 8.60. The Hall–Kier alpha value is -3.25. The van der Waals surface area contributed by atoms with Gasteiger partial charge in [-0.15, -0.1) is 0 Å². The zero-order valence-electron chi connectivity index (χ0n) is 23.9. The van der Waals surface area contributed by atoms with Crippen LogP contribution in [0.15, 0.2) is 60.7 Å². The molecule has 42 heavy (non-hydrogen) atoms. The fraction of sp³-hybridized carbons (Fsp3) is 0.387. The highest BCUT2D eigenvalue weighted by Gasteiger charge is 2.36. The fourth-order valence-electron chi connectivity index (χ4n) is 5.73. The summed E-state index contributed by atoms with van der Waals surface area (Å²) >= 11 is 0. The Morgan fingerprint density at radius 1 is 1.02 bits per heavy atom. The Kier molecular flexibility index (Phi) is 10.1. The molecule has 1 heterocycles. The molecule has 1 fully saturated rings. The van der Waals surface area contributed by atoms with Crippen LogP contribution in [0.1, 0.15) is 47.9 Å². The second kappa shape index (κ2) is 13.4. The molecule has 4 atom stereocenters. The minimum absolute atomic E-state index is 0.156. The summed E-state index contributed by atoms with van der Waals surface area (Å²) in [5, 5.41) is 5.99. The summed E-state index contributed by atoms with van der Waals surface area (Å²) in [6.07, 6.45) is 2.29. The van der Waals surface area contributed by atoms with Crippen molar-refractivity contribution in [3.05, 3.63) is 100 Å². The topological polar surface area (TPSA) is 105 Å². The summed E-state index contributed by atoms with van der Waals surface area (Å²) < 4.78 is 70.2. The number of rotatable bonds is 10. The van der Waals surface area contributed by atoms with Crippen molar-refractivity contribution < 1.29 is 26.4 Å². The molecule has 1 aliphatic rings. The first-order valence-electron chi connectivity index (χ1n) is 13.9. The molecule has 0 radical (unpaired) electrons. The summed E-state index contributed by atoms with van der Waals surface area (Å²) in [4.78, 5) is 13.5. The van der Waals surface area contributed by atoms with Gasteiger partial charge in [-0.1, -0.05) is 42.8 Å². The predicted molar refractivity (Wildman–Crippen MR) is 158 cm³/mol. The molecule has 4 N–H and O–H groups in total. The van der Waals surface area contributed by atoms with Gasteiger partial charge in [-0.3, -0.25) is 4.79 Å². The average molecular weight is 603 g/mol. The maximum absolute atomic E-state index is 15.1. The number of nitrogens with zero attached hydrogens (tertiary/aromatic N) is 1. The first kappa shape index (κ1) is 31.7. The number of nitrogens with one attached hydrogen (secondary N) is 2. The van der Waals surface area contributed by atoms with Crippen LogP contribution in [-0.4, -0.2) is 56.1 Å². The van der Waals surface area contributed by atoms with E-state index >= 15 is 4.39 Å². The minimum atomic E-state index is -3.50. The van der Waals surface area contributed by atoms with E-state index in [-0.39, 0.29) is 29.3 Å². The maximum atomic E-state index is 15.1. The number of carbonyl (C=O) groups is 1. The van der Waals surface area contributed by atoms with Gasteiger partial charge in [-0.2, -0.15) is 4.31 Å². The summed E-state index contributed by atoms with van der Waals surface area (Å²) in [7, 11) is -3.50. The van der Waals surface area contributed by atoms with Crippen molar-refractivity contribution in [1.82, 2.24) is 9.62 Å². The lowest BCUT2D eigenvalue weighted by Crippen LogP contribution is -2.58. The molecule has 7 nitrogen and oxygen atoms in total. The normalized spacial score (nSPS) is 19.3. The first-order chi connectivity index (χ1) is 19.9. The average Bonchev–Trinajstić information content (AvgIpc) is 2.92. The minimum Gasteiger partial charge on any atom is -0.324 e. The Balaban J connectivity index is 1.60. The van der Waals surface area contributed by atoms with Crippen molar-refractivity contribution in [1.29, 1.82) is 0 Å². The zero-order chi connectivity index (χ0) is 30.6. The molecule has 1 amide bonds. The molecule has 0 unspecified atom stereocenters. The molecule has 0 bridgehead atoms. The van der Waals surface area contributed by atoms with E-state index in [0.29, 0.717) is 31.5 Å². The quantitative estimate of drug-likeness (QED) is 0.318. The van der Waals surface area contributed by atoms with Crippen molar-refractivity contribution in [2.75, 3.05) is 24.7 Å². The number of benzene rings is 3. The van der Waals surface area contributed by atoms with Crippen molar-refractivity contribution in [3.63, 3.8) is 0 Å². The number of hydrogen-bond acceptors (Lipinski definition) is 5. The van der Waals surface area contributed by atoms with Crippen LogP contribution >= 0.6 is 0 Å². The van der Waals surface area contributed by atoms with Gasteiger partial charge in [0.15, 0.2) is 0 Å². The number of aryl methyl sites for hydroxylation is 1. The molecule has 0 aliphatic carbocycles. The predicted octanol–water partition coefficient (Wildman–Crippen LogP) is 4.45. The molecule has 0 spiro atoms. The highest BCUT2D eigenvalue weighted by Crippen LogP contribution is 2.31. The summed E-state index contributed by atoms with van der Waals surface area (Å²) in [6.45, 7) is 4.77. The van der Waals surface area contributed by atoms with Gasteiger partial charge in [0.05, 0.1) is 12.3 Å². The van der Waals surface area contributed by atoms with Gasteiger partial charge < -0.3 is 16.4 Å². The zero-order valence-corrected chi connectivity index (χ0v) is 24.7. The maximum Gasteiger partial charge on any atom is 0.242 e. The van der Waals surface area contributed by atoms with E-state index in [0.717, 1.165) is 23.8 Å². The lowest BCUT2D eigenvalue weighted by atomic mass is 9.84. The van der Waals surface area contributed by atoms with Crippen LogP contribution in [0.25, 0.3) is 0 Å². The smallest absolute Gasteiger partial charge is 0.242 e. The molecule has 3 aromatic carbocycles. The molecule has 226 valence electrons. The molecule has 4 rings (SSSR count). The molecular formula is C31H37F3N4O3S. The third-order valence-corrected chi connectivity index (χ3v) is 9.14. The largest absolute Gasteiger partial charge is 0.324 e. The first-order valence-corrected chi connectivity index (χ1v) is 15.8. The van der Waals surface area contributed by atoms with Crippen LogP contribution in [0.5, 0.6) is 0 Å². The number of halogens is 3. The van der Waals surface area contributed by atoms with E-state index < -0.39 is 51.4 Å². The van der Waals surface area contributed by atoms with Crippen LogP contribution in [0.4, 0.5) is 18.9 Å². The van der Waals surface area contributed by atoms with Gasteiger partial charge in [-0.25, -0.2) is 21.6 Å². The monoisotopic (exact) mass is 602 g/mol. The third kappa shape index (κ3) is 7.38. The molecule has 11 heteroatoms. The van der Waals surface area contributed by atoms with E-state index in [2.05, 4.69) is 10.6 Å². The van der Waals surface area contributed by atoms with Gasteiger partial charge in [0.25, 0.3) is 0 Å². The molecule has 1 saturated heterocycles. The SMILES string of the molecule is CC[C@H]1CNC[C@H](CCc2c(F)cccc2NC(=O)[C@@H](N)[C@@H](c2ccc(C)cc2)c2cc(F)cc(F)c2)N1S(C)(=O)=O. The second-order valence-corrected chi connectivity index (χ2v) is 12.8. The second-order valence-electron chi connectivity index (χ2n) is 10.9. The van der Waals surface area contributed by atoms with E-state index in [1.54, 1.807) is 18.2 Å². The molecule has 1 aliphatic heterocycles. The summed E-state index contributed by atoms with van der Waals surface area (Å²) in [5.74, 6) is -3.71. The number of carbonyl (C=O) groups excluding carboxylic acids is 1. The van der Waals surface area contributed by atoms with Gasteiger partial charge in [0.1, 0.15) is 17.5 Å². The Bertz CT molecular complexity index is 1500. The van der Waals surface area contributed by atoms with Gasteiger partial charge in [-0.05, 0) is 61.6 Å². The van der Waals surface area contributed by atoms with E-state index in [1.165, 1.54) is 22.7 Å². The molecule has 0 aromatic heterocycles. The number of nitrogens with two attached hydrogens (primary N) is 1. The number of sulfonamides is 1. The number of hydrogen-bond donors (Lipinski definition) is 3. The van der Waals surface area contributed by atoms with E-state index in [9.17, 15) is 22.0 Å². The molecular weight excluding hydrogens is 565 g/mol. The van der Waals surface area contributed by atoms with Crippen LogP contribution in [0.3, 0.4) is 0 Å². The summed E-state index contributed by atoms with van der Waals surface area (Å²) in [6, 6.07) is 12.6. The number of amides is 1. The van der Waals surface area contributed by atoms with Crippen LogP contribution in [-0.2, 0) is 21.2 Å². The standard InChI is InChI=1S/C31H37F3N4O3S/c1-4-24-17-36-18-25(38(24)42(3,40)41)12-13-26-27(34)6-5-7-28(26)37-31(39)30(35)29(20-10-8-19(2)9-11-20)21-14-22(32)16-23(33)15-21/h5-11,14-16,24-25,29-30,36H,4,12-13,17-18,35H2,1-3H3,(H,37,39)/t24-,25-,29-,30-/m0/s1. The van der Waals surface area contributed by atoms with Crippen LogP contribution < -0.4 is 16.4 Å². The number of piperazine rings is 1. The van der Waals surface area contributed by atoms with Crippen molar-refractivity contribution in [3.8, 4) is 0 Å². The van der Waals surface area contributed by atoms with Crippen molar-refractivity contribution in [2.45, 2.75) is 57.2 Å². The third-order valence-electron chi connectivity index (χ3n) is 7.78. The van der Waals surface area contributed by atoms with Crippen LogP contribution in [0, 0.1) is 24.4 Å². The Morgan fingerprint density at radius 3 is 2.29 bits per heavy atom. The fourth-order valence-corrected chi connectivity index (χ4v) is 7.22. The highest BCUT2D eigenvalue weighted by atomic mass is 32.2. The van der Waals surface area contributed by atoms with E-state index in [1.807, 2.05) is 26.0 Å². The Labute approximate surface area is 245 Å². The van der Waals surface area contributed by atoms with Gasteiger partial charge in [0, 0.05) is 48.4 Å². The highest BCUT2D eigenvalue weighted by molar-refractivity contribution is 7.88. The molecule has 3 aromatic rings. The van der Waals surface area contributed by atoms with E-state index in [4.69, 9.17) is 5.73 Å². The van der Waals surface area contributed by atoms with Gasteiger partial charge >= 0.3 is 0 Å². The van der Waals surface area contributed by atoms with Crippen molar-refractivity contribution in [2.24, 2.45) is 5.73 Å². The number of anilines is 1.